The van der Waals surface area contributed by atoms with Gasteiger partial charge in [-0.25, -0.2) is 17.9 Å². The molecule has 0 aliphatic rings. The highest BCUT2D eigenvalue weighted by atomic mass is 32.2. The number of benzene rings is 2. The quantitative estimate of drug-likeness (QED) is 0.648. The lowest BCUT2D eigenvalue weighted by molar-refractivity contribution is -0.123. The van der Waals surface area contributed by atoms with Crippen LogP contribution in [0.5, 0.6) is 5.75 Å². The fourth-order valence-electron chi connectivity index (χ4n) is 2.43. The Morgan fingerprint density at radius 1 is 0.967 bits per heavy atom. The van der Waals surface area contributed by atoms with E-state index >= 15 is 0 Å². The Kier molecular flexibility index (Phi) is 7.22. The standard InChI is InChI=1S/C21H26N2O6S/c1-14(19(24)22-16-8-10-17(28-5)11-9-16)29-20(25)15-6-12-18(13-7-15)30(26,27)23-21(2,3)4/h6-14,23H,1-5H3,(H,22,24). The average molecular weight is 435 g/mol. The van der Waals surface area contributed by atoms with Crippen molar-refractivity contribution in [3.8, 4) is 5.75 Å². The molecule has 0 saturated heterocycles. The van der Waals surface area contributed by atoms with Gasteiger partial charge in [0.05, 0.1) is 17.6 Å². The van der Waals surface area contributed by atoms with Crippen LogP contribution < -0.4 is 14.8 Å². The molecule has 0 aromatic heterocycles. The number of esters is 1. The van der Waals surface area contributed by atoms with Crippen LogP contribution in [0.15, 0.2) is 53.4 Å². The van der Waals surface area contributed by atoms with Gasteiger partial charge in [0.2, 0.25) is 10.0 Å². The van der Waals surface area contributed by atoms with E-state index in [0.29, 0.717) is 11.4 Å². The van der Waals surface area contributed by atoms with Gasteiger partial charge in [0, 0.05) is 11.2 Å². The minimum atomic E-state index is -3.71. The minimum absolute atomic E-state index is 0.0271. The molecule has 0 saturated carbocycles. The SMILES string of the molecule is COc1ccc(NC(=O)C(C)OC(=O)c2ccc(S(=O)(=O)NC(C)(C)C)cc2)cc1. The summed E-state index contributed by atoms with van der Waals surface area (Å²) < 4.78 is 37.4. The molecule has 2 aromatic carbocycles. The van der Waals surface area contributed by atoms with Crippen molar-refractivity contribution in [1.82, 2.24) is 4.72 Å². The van der Waals surface area contributed by atoms with Crippen molar-refractivity contribution >= 4 is 27.6 Å². The molecule has 0 heterocycles. The summed E-state index contributed by atoms with van der Waals surface area (Å²) in [6.45, 7) is 6.64. The topological polar surface area (TPSA) is 111 Å². The molecule has 2 rings (SSSR count). The van der Waals surface area contributed by atoms with Gasteiger partial charge in [0.25, 0.3) is 5.91 Å². The van der Waals surface area contributed by atoms with Crippen molar-refractivity contribution in [2.75, 3.05) is 12.4 Å². The predicted molar refractivity (Wildman–Crippen MR) is 113 cm³/mol. The number of sulfonamides is 1. The first-order valence-electron chi connectivity index (χ1n) is 9.21. The van der Waals surface area contributed by atoms with Crippen LogP contribution in [0, 0.1) is 0 Å². The number of nitrogens with one attached hydrogen (secondary N) is 2. The molecule has 1 atom stereocenters. The zero-order valence-electron chi connectivity index (χ0n) is 17.6. The van der Waals surface area contributed by atoms with E-state index < -0.39 is 33.5 Å². The Hall–Kier alpha value is -2.91. The van der Waals surface area contributed by atoms with Crippen LogP contribution in [0.3, 0.4) is 0 Å². The van der Waals surface area contributed by atoms with Gasteiger partial charge in [-0.05, 0) is 76.2 Å². The Labute approximate surface area is 176 Å². The lowest BCUT2D eigenvalue weighted by Gasteiger charge is -2.20. The van der Waals surface area contributed by atoms with E-state index in [4.69, 9.17) is 9.47 Å². The molecule has 9 heteroatoms. The summed E-state index contributed by atoms with van der Waals surface area (Å²) in [6.07, 6.45) is -1.05. The van der Waals surface area contributed by atoms with Gasteiger partial charge in [0.15, 0.2) is 6.10 Å². The van der Waals surface area contributed by atoms with Crippen molar-refractivity contribution in [2.24, 2.45) is 0 Å². The van der Waals surface area contributed by atoms with Crippen molar-refractivity contribution in [1.29, 1.82) is 0 Å². The number of methoxy groups -OCH3 is 1. The van der Waals surface area contributed by atoms with E-state index in [2.05, 4.69) is 10.0 Å². The van der Waals surface area contributed by atoms with E-state index in [1.807, 2.05) is 0 Å². The second kappa shape index (κ2) is 9.27. The summed E-state index contributed by atoms with van der Waals surface area (Å²) >= 11 is 0. The normalized spacial score (nSPS) is 12.7. The first-order valence-corrected chi connectivity index (χ1v) is 10.7. The molecule has 0 bridgehead atoms. The fraction of sp³-hybridized carbons (Fsp3) is 0.333. The van der Waals surface area contributed by atoms with Gasteiger partial charge in [-0.15, -0.1) is 0 Å². The molecule has 0 fully saturated rings. The molecule has 0 aliphatic heterocycles. The molecule has 8 nitrogen and oxygen atoms in total. The summed E-state index contributed by atoms with van der Waals surface area (Å²) in [4.78, 5) is 24.6. The lowest BCUT2D eigenvalue weighted by Crippen LogP contribution is -2.40. The van der Waals surface area contributed by atoms with Crippen LogP contribution in [0.25, 0.3) is 0 Å². The van der Waals surface area contributed by atoms with Gasteiger partial charge < -0.3 is 14.8 Å². The second-order valence-electron chi connectivity index (χ2n) is 7.65. The Bertz CT molecular complexity index is 993. The Balaban J connectivity index is 2.00. The number of carbonyl (C=O) groups is 2. The number of hydrogen-bond acceptors (Lipinski definition) is 6. The largest absolute Gasteiger partial charge is 0.497 e. The molecule has 30 heavy (non-hydrogen) atoms. The molecule has 2 aromatic rings. The number of amides is 1. The van der Waals surface area contributed by atoms with Gasteiger partial charge >= 0.3 is 5.97 Å². The van der Waals surface area contributed by atoms with E-state index in [-0.39, 0.29) is 10.5 Å². The molecule has 0 radical (unpaired) electrons. The smallest absolute Gasteiger partial charge is 0.338 e. The van der Waals surface area contributed by atoms with Crippen molar-refractivity contribution in [3.05, 3.63) is 54.1 Å². The highest BCUT2D eigenvalue weighted by Crippen LogP contribution is 2.17. The molecule has 1 unspecified atom stereocenters. The van der Waals surface area contributed by atoms with Crippen LogP contribution in [0.4, 0.5) is 5.69 Å². The molecule has 162 valence electrons. The van der Waals surface area contributed by atoms with Crippen LogP contribution in [-0.2, 0) is 19.6 Å². The van der Waals surface area contributed by atoms with E-state index in [0.717, 1.165) is 0 Å². The third-order valence-electron chi connectivity index (χ3n) is 3.85. The predicted octanol–water partition coefficient (Wildman–Crippen LogP) is 2.96. The average Bonchev–Trinajstić information content (AvgIpc) is 2.66. The van der Waals surface area contributed by atoms with E-state index in [1.54, 1.807) is 45.0 Å². The molecular weight excluding hydrogens is 408 g/mol. The Morgan fingerprint density at radius 3 is 2.03 bits per heavy atom. The number of carbonyl (C=O) groups excluding carboxylic acids is 2. The van der Waals surface area contributed by atoms with Crippen LogP contribution in [-0.4, -0.2) is 39.0 Å². The summed E-state index contributed by atoms with van der Waals surface area (Å²) in [5, 5.41) is 2.64. The highest BCUT2D eigenvalue weighted by Gasteiger charge is 2.23. The first kappa shape index (κ1) is 23.4. The maximum absolute atomic E-state index is 12.3. The zero-order valence-corrected chi connectivity index (χ0v) is 18.4. The molecule has 0 spiro atoms. The maximum Gasteiger partial charge on any atom is 0.338 e. The first-order chi connectivity index (χ1) is 13.9. The van der Waals surface area contributed by atoms with Gasteiger partial charge in [-0.3, -0.25) is 4.79 Å². The van der Waals surface area contributed by atoms with Gasteiger partial charge in [0.1, 0.15) is 5.75 Å². The van der Waals surface area contributed by atoms with Crippen molar-refractivity contribution in [2.45, 2.75) is 44.2 Å². The number of hydrogen-bond donors (Lipinski definition) is 2. The Morgan fingerprint density at radius 2 is 1.53 bits per heavy atom. The number of ether oxygens (including phenoxy) is 2. The summed E-state index contributed by atoms with van der Waals surface area (Å²) in [5.41, 5.74) is 0.0294. The molecular formula is C21H26N2O6S. The maximum atomic E-state index is 12.3. The van der Waals surface area contributed by atoms with Crippen LogP contribution >= 0.6 is 0 Å². The molecule has 2 N–H and O–H groups in total. The van der Waals surface area contributed by atoms with Gasteiger partial charge in [-0.1, -0.05) is 0 Å². The molecule has 0 aliphatic carbocycles. The van der Waals surface area contributed by atoms with Crippen molar-refractivity contribution < 1.29 is 27.5 Å². The van der Waals surface area contributed by atoms with Gasteiger partial charge in [-0.2, -0.15) is 0 Å². The third-order valence-corrected chi connectivity index (χ3v) is 5.63. The third kappa shape index (κ3) is 6.57. The number of anilines is 1. The summed E-state index contributed by atoms with van der Waals surface area (Å²) in [6, 6.07) is 12.0. The van der Waals surface area contributed by atoms with Crippen molar-refractivity contribution in [3.63, 3.8) is 0 Å². The minimum Gasteiger partial charge on any atom is -0.497 e. The summed E-state index contributed by atoms with van der Waals surface area (Å²) in [7, 11) is -2.17. The second-order valence-corrected chi connectivity index (χ2v) is 9.33. The van der Waals surface area contributed by atoms with E-state index in [1.165, 1.54) is 38.3 Å². The van der Waals surface area contributed by atoms with Crippen LogP contribution in [0.1, 0.15) is 38.1 Å². The lowest BCUT2D eigenvalue weighted by atomic mass is 10.1. The highest BCUT2D eigenvalue weighted by molar-refractivity contribution is 7.89. The van der Waals surface area contributed by atoms with Crippen LogP contribution in [0.2, 0.25) is 0 Å². The van der Waals surface area contributed by atoms with E-state index in [9.17, 15) is 18.0 Å². The number of rotatable bonds is 7. The monoisotopic (exact) mass is 434 g/mol. The zero-order chi connectivity index (χ0) is 22.5. The molecule has 1 amide bonds. The summed E-state index contributed by atoms with van der Waals surface area (Å²) in [5.74, 6) is -0.585. The fourth-order valence-corrected chi connectivity index (χ4v) is 3.85.